The molecule has 1 aliphatic rings. The summed E-state index contributed by atoms with van der Waals surface area (Å²) in [5, 5.41) is 4.39. The monoisotopic (exact) mass is 321 g/mol. The van der Waals surface area contributed by atoms with E-state index in [1.54, 1.807) is 6.20 Å². The summed E-state index contributed by atoms with van der Waals surface area (Å²) in [5.74, 6) is 0. The zero-order valence-corrected chi connectivity index (χ0v) is 13.8. The van der Waals surface area contributed by atoms with Gasteiger partial charge in [-0.2, -0.15) is 5.10 Å². The van der Waals surface area contributed by atoms with Gasteiger partial charge in [0.1, 0.15) is 0 Å². The molecular formula is C14H19N5O2S. The molecule has 0 aromatic carbocycles. The molecule has 0 amide bonds. The molecule has 0 bridgehead atoms. The van der Waals surface area contributed by atoms with Crippen LogP contribution in [0.15, 0.2) is 17.4 Å². The van der Waals surface area contributed by atoms with Crippen molar-refractivity contribution in [3.05, 3.63) is 34.9 Å². The van der Waals surface area contributed by atoms with Gasteiger partial charge in [-0.3, -0.25) is 9.58 Å². The van der Waals surface area contributed by atoms with Gasteiger partial charge in [0.25, 0.3) is 0 Å². The van der Waals surface area contributed by atoms with E-state index in [-0.39, 0.29) is 5.16 Å². The Bertz CT molecular complexity index is 793. The van der Waals surface area contributed by atoms with Crippen molar-refractivity contribution in [3.63, 3.8) is 0 Å². The molecule has 0 saturated heterocycles. The Kier molecular flexibility index (Phi) is 3.73. The van der Waals surface area contributed by atoms with Crippen molar-refractivity contribution >= 4 is 9.84 Å². The van der Waals surface area contributed by atoms with Crippen LogP contribution in [0.25, 0.3) is 0 Å². The Morgan fingerprint density at radius 2 is 2.14 bits per heavy atom. The van der Waals surface area contributed by atoms with Gasteiger partial charge in [-0.15, -0.1) is 0 Å². The number of sulfone groups is 1. The highest BCUT2D eigenvalue weighted by Gasteiger charge is 2.21. The maximum Gasteiger partial charge on any atom is 0.246 e. The van der Waals surface area contributed by atoms with Gasteiger partial charge in [-0.1, -0.05) is 0 Å². The molecule has 0 N–H and O–H groups in total. The number of aryl methyl sites for hydroxylation is 2. The van der Waals surface area contributed by atoms with Crippen LogP contribution in [0.4, 0.5) is 0 Å². The highest BCUT2D eigenvalue weighted by atomic mass is 32.2. The van der Waals surface area contributed by atoms with Gasteiger partial charge in [0, 0.05) is 56.8 Å². The highest BCUT2D eigenvalue weighted by Crippen LogP contribution is 2.19. The van der Waals surface area contributed by atoms with Crippen molar-refractivity contribution in [2.24, 2.45) is 7.05 Å². The van der Waals surface area contributed by atoms with Gasteiger partial charge in [0.05, 0.1) is 11.4 Å². The summed E-state index contributed by atoms with van der Waals surface area (Å²) >= 11 is 0. The minimum Gasteiger partial charge on any atom is -0.293 e. The van der Waals surface area contributed by atoms with Gasteiger partial charge in [-0.25, -0.2) is 18.4 Å². The molecule has 2 aromatic rings. The Labute approximate surface area is 129 Å². The zero-order chi connectivity index (χ0) is 15.9. The van der Waals surface area contributed by atoms with Crippen molar-refractivity contribution in [2.75, 3.05) is 12.8 Å². The Morgan fingerprint density at radius 3 is 2.77 bits per heavy atom. The lowest BCUT2D eigenvalue weighted by Gasteiger charge is -2.27. The molecule has 118 valence electrons. The molecule has 7 nitrogen and oxygen atoms in total. The predicted octanol–water partition coefficient (Wildman–Crippen LogP) is 0.480. The van der Waals surface area contributed by atoms with Crippen LogP contribution in [-0.2, 0) is 36.4 Å². The fraction of sp³-hybridized carbons (Fsp3) is 0.500. The number of hydrogen-bond donors (Lipinski definition) is 0. The van der Waals surface area contributed by atoms with E-state index in [0.29, 0.717) is 0 Å². The summed E-state index contributed by atoms with van der Waals surface area (Å²) < 4.78 is 24.9. The molecule has 8 heteroatoms. The largest absolute Gasteiger partial charge is 0.293 e. The van der Waals surface area contributed by atoms with Crippen LogP contribution >= 0.6 is 0 Å². The van der Waals surface area contributed by atoms with E-state index < -0.39 is 9.84 Å². The van der Waals surface area contributed by atoms with E-state index in [0.717, 1.165) is 55.0 Å². The Morgan fingerprint density at radius 1 is 1.36 bits per heavy atom. The molecule has 3 rings (SSSR count). The molecule has 0 fully saturated rings. The number of rotatable bonds is 3. The highest BCUT2D eigenvalue weighted by molar-refractivity contribution is 7.90. The first kappa shape index (κ1) is 15.1. The summed E-state index contributed by atoms with van der Waals surface area (Å²) in [6.07, 6.45) is 3.49. The third-order valence-electron chi connectivity index (χ3n) is 3.87. The summed E-state index contributed by atoms with van der Waals surface area (Å²) in [7, 11) is -1.41. The van der Waals surface area contributed by atoms with E-state index in [9.17, 15) is 8.42 Å². The second-order valence-electron chi connectivity index (χ2n) is 5.76. The number of hydrogen-bond acceptors (Lipinski definition) is 6. The van der Waals surface area contributed by atoms with E-state index >= 15 is 0 Å². The third-order valence-corrected chi connectivity index (χ3v) is 4.73. The molecular weight excluding hydrogens is 302 g/mol. The van der Waals surface area contributed by atoms with Gasteiger partial charge in [-0.05, 0) is 13.0 Å². The van der Waals surface area contributed by atoms with Crippen LogP contribution in [0.3, 0.4) is 0 Å². The molecule has 1 aliphatic heterocycles. The number of fused-ring (bicyclic) bond motifs is 1. The molecule has 2 aromatic heterocycles. The summed E-state index contributed by atoms with van der Waals surface area (Å²) in [4.78, 5) is 10.4. The summed E-state index contributed by atoms with van der Waals surface area (Å²) in [6.45, 7) is 4.36. The normalized spacial score (nSPS) is 15.8. The van der Waals surface area contributed by atoms with Crippen molar-refractivity contribution in [2.45, 2.75) is 31.6 Å². The fourth-order valence-corrected chi connectivity index (χ4v) is 3.13. The summed E-state index contributed by atoms with van der Waals surface area (Å²) in [6, 6.07) is 2.08. The SMILES string of the molecule is Cc1cc(CN2CCc3nc(S(C)(=O)=O)ncc3C2)nn1C. The maximum atomic E-state index is 11.5. The van der Waals surface area contributed by atoms with Crippen molar-refractivity contribution < 1.29 is 8.42 Å². The minimum absolute atomic E-state index is 0.0833. The first-order valence-corrected chi connectivity index (χ1v) is 8.99. The Hall–Kier alpha value is -1.80. The average molecular weight is 321 g/mol. The fourth-order valence-electron chi connectivity index (χ4n) is 2.61. The van der Waals surface area contributed by atoms with Crippen LogP contribution < -0.4 is 0 Å². The number of nitrogens with zero attached hydrogens (tertiary/aromatic N) is 5. The molecule has 0 unspecified atom stereocenters. The summed E-state index contributed by atoms with van der Waals surface area (Å²) in [5.41, 5.74) is 4.00. The third kappa shape index (κ3) is 3.02. The molecule has 0 radical (unpaired) electrons. The lowest BCUT2D eigenvalue weighted by molar-refractivity contribution is 0.238. The molecule has 0 atom stereocenters. The van der Waals surface area contributed by atoms with Gasteiger partial charge < -0.3 is 0 Å². The van der Waals surface area contributed by atoms with Gasteiger partial charge in [0.2, 0.25) is 15.0 Å². The quantitative estimate of drug-likeness (QED) is 0.765. The second-order valence-corrected chi connectivity index (χ2v) is 7.67. The standard InChI is InChI=1S/C14H19N5O2S/c1-10-6-12(17-18(10)2)9-19-5-4-13-11(8-19)7-15-14(16-13)22(3,20)21/h6-7H,4-5,8-9H2,1-3H3. The van der Waals surface area contributed by atoms with Crippen molar-refractivity contribution in [3.8, 4) is 0 Å². The molecule has 3 heterocycles. The Balaban J connectivity index is 1.77. The topological polar surface area (TPSA) is 81.0 Å². The van der Waals surface area contributed by atoms with Crippen LogP contribution in [0, 0.1) is 6.92 Å². The van der Waals surface area contributed by atoms with Crippen LogP contribution in [0.1, 0.15) is 22.6 Å². The lowest BCUT2D eigenvalue weighted by Crippen LogP contribution is -2.31. The van der Waals surface area contributed by atoms with Crippen molar-refractivity contribution in [1.82, 2.24) is 24.6 Å². The molecule has 0 saturated carbocycles. The van der Waals surface area contributed by atoms with Crippen molar-refractivity contribution in [1.29, 1.82) is 0 Å². The molecule has 22 heavy (non-hydrogen) atoms. The van der Waals surface area contributed by atoms with E-state index in [1.807, 2.05) is 18.7 Å². The maximum absolute atomic E-state index is 11.5. The van der Waals surface area contributed by atoms with E-state index in [2.05, 4.69) is 26.0 Å². The lowest BCUT2D eigenvalue weighted by atomic mass is 10.1. The smallest absolute Gasteiger partial charge is 0.246 e. The van der Waals surface area contributed by atoms with Crippen LogP contribution in [-0.4, -0.2) is 45.9 Å². The predicted molar refractivity (Wildman–Crippen MR) is 80.9 cm³/mol. The van der Waals surface area contributed by atoms with Crippen LogP contribution in [0.2, 0.25) is 0 Å². The van der Waals surface area contributed by atoms with E-state index in [1.165, 1.54) is 0 Å². The molecule has 0 aliphatic carbocycles. The van der Waals surface area contributed by atoms with Gasteiger partial charge in [0.15, 0.2) is 0 Å². The minimum atomic E-state index is -3.35. The molecule has 0 spiro atoms. The van der Waals surface area contributed by atoms with Gasteiger partial charge >= 0.3 is 0 Å². The zero-order valence-electron chi connectivity index (χ0n) is 12.9. The first-order chi connectivity index (χ1) is 10.3. The van der Waals surface area contributed by atoms with Crippen LogP contribution in [0.5, 0.6) is 0 Å². The number of aromatic nitrogens is 4. The average Bonchev–Trinajstić information content (AvgIpc) is 2.75. The van der Waals surface area contributed by atoms with E-state index in [4.69, 9.17) is 0 Å². The first-order valence-electron chi connectivity index (χ1n) is 7.09. The second kappa shape index (κ2) is 5.44.